The van der Waals surface area contributed by atoms with Crippen LogP contribution in [0.15, 0.2) is 29.4 Å². The molecule has 0 aliphatic heterocycles. The topological polar surface area (TPSA) is 41.5 Å². The molecule has 114 valence electrons. The van der Waals surface area contributed by atoms with Gasteiger partial charge in [-0.3, -0.25) is 4.79 Å². The summed E-state index contributed by atoms with van der Waals surface area (Å²) in [5.74, 6) is 0.488. The van der Waals surface area contributed by atoms with Gasteiger partial charge in [-0.1, -0.05) is 32.9 Å². The Morgan fingerprint density at radius 3 is 2.71 bits per heavy atom. The van der Waals surface area contributed by atoms with E-state index in [0.29, 0.717) is 17.8 Å². The van der Waals surface area contributed by atoms with Crippen LogP contribution in [0.25, 0.3) is 0 Å². The maximum absolute atomic E-state index is 13.6. The smallest absolute Gasteiger partial charge is 0.267 e. The van der Waals surface area contributed by atoms with Gasteiger partial charge in [0.2, 0.25) is 0 Å². The SMILES string of the molecule is CC(C)[C@@H]1CC[C@@H](C)C/C1=N/NC(=O)c1ccccc1F. The summed E-state index contributed by atoms with van der Waals surface area (Å²) in [7, 11) is 0. The number of rotatable bonds is 3. The van der Waals surface area contributed by atoms with E-state index >= 15 is 0 Å². The summed E-state index contributed by atoms with van der Waals surface area (Å²) >= 11 is 0. The molecule has 4 heteroatoms. The fourth-order valence-corrected chi connectivity index (χ4v) is 2.92. The molecule has 0 spiro atoms. The molecule has 1 N–H and O–H groups in total. The predicted molar refractivity (Wildman–Crippen MR) is 82.6 cm³/mol. The first-order valence-electron chi connectivity index (χ1n) is 7.60. The van der Waals surface area contributed by atoms with Crippen LogP contribution in [0.5, 0.6) is 0 Å². The molecule has 0 aromatic heterocycles. The van der Waals surface area contributed by atoms with Crippen molar-refractivity contribution >= 4 is 11.6 Å². The van der Waals surface area contributed by atoms with Crippen molar-refractivity contribution in [2.75, 3.05) is 0 Å². The Balaban J connectivity index is 2.11. The highest BCUT2D eigenvalue weighted by Gasteiger charge is 2.27. The average molecular weight is 290 g/mol. The molecule has 1 aromatic carbocycles. The molecule has 3 nitrogen and oxygen atoms in total. The number of hydrogen-bond acceptors (Lipinski definition) is 2. The van der Waals surface area contributed by atoms with Gasteiger partial charge in [-0.25, -0.2) is 9.82 Å². The van der Waals surface area contributed by atoms with E-state index in [1.807, 2.05) is 0 Å². The van der Waals surface area contributed by atoms with Crippen LogP contribution in [-0.4, -0.2) is 11.6 Å². The maximum atomic E-state index is 13.6. The van der Waals surface area contributed by atoms with Gasteiger partial charge < -0.3 is 0 Å². The van der Waals surface area contributed by atoms with Crippen molar-refractivity contribution in [2.24, 2.45) is 22.9 Å². The van der Waals surface area contributed by atoms with Crippen LogP contribution in [0.2, 0.25) is 0 Å². The summed E-state index contributed by atoms with van der Waals surface area (Å²) < 4.78 is 13.6. The summed E-state index contributed by atoms with van der Waals surface area (Å²) in [5.41, 5.74) is 3.59. The molecule has 1 fully saturated rings. The van der Waals surface area contributed by atoms with E-state index in [1.165, 1.54) is 18.6 Å². The fourth-order valence-electron chi connectivity index (χ4n) is 2.92. The monoisotopic (exact) mass is 290 g/mol. The highest BCUT2D eigenvalue weighted by atomic mass is 19.1. The molecule has 0 radical (unpaired) electrons. The van der Waals surface area contributed by atoms with Gasteiger partial charge in [0.05, 0.1) is 5.56 Å². The number of halogens is 1. The minimum absolute atomic E-state index is 0.0341. The molecule has 1 aliphatic rings. The molecule has 0 heterocycles. The van der Waals surface area contributed by atoms with Crippen molar-refractivity contribution in [3.8, 4) is 0 Å². The zero-order valence-electron chi connectivity index (χ0n) is 12.9. The van der Waals surface area contributed by atoms with Gasteiger partial charge in [-0.15, -0.1) is 0 Å². The second-order valence-corrected chi connectivity index (χ2v) is 6.26. The van der Waals surface area contributed by atoms with Crippen LogP contribution in [0, 0.1) is 23.6 Å². The van der Waals surface area contributed by atoms with Crippen LogP contribution in [0.3, 0.4) is 0 Å². The molecule has 2 rings (SSSR count). The zero-order valence-corrected chi connectivity index (χ0v) is 12.9. The van der Waals surface area contributed by atoms with Crippen LogP contribution in [0.1, 0.15) is 50.4 Å². The highest BCUT2D eigenvalue weighted by Crippen LogP contribution is 2.31. The Morgan fingerprint density at radius 1 is 1.33 bits per heavy atom. The Bertz CT molecular complexity index is 539. The lowest BCUT2D eigenvalue weighted by Crippen LogP contribution is -2.31. The normalized spacial score (nSPS) is 24.3. The molecule has 1 aromatic rings. The van der Waals surface area contributed by atoms with E-state index in [0.717, 1.165) is 18.6 Å². The van der Waals surface area contributed by atoms with Gasteiger partial charge in [0.25, 0.3) is 5.91 Å². The standard InChI is InChI=1S/C17H23FN2O/c1-11(2)13-9-8-12(3)10-16(13)19-20-17(21)14-6-4-5-7-15(14)18/h4-7,11-13H,8-10H2,1-3H3,(H,20,21)/b19-16-/t12-,13+/m1/s1. The van der Waals surface area contributed by atoms with Gasteiger partial charge >= 0.3 is 0 Å². The summed E-state index contributed by atoms with van der Waals surface area (Å²) in [6.07, 6.45) is 3.21. The Kier molecular flexibility index (Phi) is 5.10. The third-order valence-electron chi connectivity index (χ3n) is 4.18. The number of amides is 1. The largest absolute Gasteiger partial charge is 0.274 e. The first kappa shape index (κ1) is 15.7. The van der Waals surface area contributed by atoms with E-state index in [4.69, 9.17) is 0 Å². The lowest BCUT2D eigenvalue weighted by atomic mass is 9.76. The molecule has 21 heavy (non-hydrogen) atoms. The first-order valence-corrected chi connectivity index (χ1v) is 7.60. The maximum Gasteiger partial charge on any atom is 0.274 e. The van der Waals surface area contributed by atoms with E-state index in [-0.39, 0.29) is 5.56 Å². The summed E-state index contributed by atoms with van der Waals surface area (Å²) in [6, 6.07) is 5.95. The molecule has 1 aliphatic carbocycles. The fraction of sp³-hybridized carbons (Fsp3) is 0.529. The lowest BCUT2D eigenvalue weighted by Gasteiger charge is -2.30. The number of hydrogen-bond donors (Lipinski definition) is 1. The van der Waals surface area contributed by atoms with Crippen molar-refractivity contribution in [1.82, 2.24) is 5.43 Å². The number of carbonyl (C=O) groups excluding carboxylic acids is 1. The molecule has 0 bridgehead atoms. The van der Waals surface area contributed by atoms with E-state index in [2.05, 4.69) is 31.3 Å². The van der Waals surface area contributed by atoms with Crippen molar-refractivity contribution in [1.29, 1.82) is 0 Å². The van der Waals surface area contributed by atoms with Gasteiger partial charge in [-0.05, 0) is 43.2 Å². The molecule has 2 atom stereocenters. The van der Waals surface area contributed by atoms with Crippen LogP contribution >= 0.6 is 0 Å². The van der Waals surface area contributed by atoms with Crippen LogP contribution in [0.4, 0.5) is 4.39 Å². The van der Waals surface area contributed by atoms with E-state index in [9.17, 15) is 9.18 Å². The molecule has 1 amide bonds. The lowest BCUT2D eigenvalue weighted by molar-refractivity contribution is 0.0950. The second-order valence-electron chi connectivity index (χ2n) is 6.26. The minimum atomic E-state index is -0.521. The number of nitrogens with zero attached hydrogens (tertiary/aromatic N) is 1. The Morgan fingerprint density at radius 2 is 2.05 bits per heavy atom. The molecular weight excluding hydrogens is 267 g/mol. The third-order valence-corrected chi connectivity index (χ3v) is 4.18. The summed E-state index contributed by atoms with van der Waals surface area (Å²) in [5, 5.41) is 4.30. The minimum Gasteiger partial charge on any atom is -0.267 e. The Labute approximate surface area is 125 Å². The van der Waals surface area contributed by atoms with Crippen LogP contribution in [-0.2, 0) is 0 Å². The van der Waals surface area contributed by atoms with Gasteiger partial charge in [-0.2, -0.15) is 5.10 Å². The number of hydrazone groups is 1. The Hall–Kier alpha value is -1.71. The predicted octanol–water partition coefficient (Wildman–Crippen LogP) is 4.00. The van der Waals surface area contributed by atoms with Gasteiger partial charge in [0, 0.05) is 11.6 Å². The second kappa shape index (κ2) is 6.83. The van der Waals surface area contributed by atoms with Crippen LogP contribution < -0.4 is 5.43 Å². The number of benzene rings is 1. The molecule has 0 saturated heterocycles. The molecular formula is C17H23FN2O. The first-order chi connectivity index (χ1) is 9.99. The van der Waals surface area contributed by atoms with E-state index < -0.39 is 11.7 Å². The molecule has 0 unspecified atom stereocenters. The van der Waals surface area contributed by atoms with Crippen molar-refractivity contribution < 1.29 is 9.18 Å². The molecule has 1 saturated carbocycles. The highest BCUT2D eigenvalue weighted by molar-refractivity contribution is 5.96. The van der Waals surface area contributed by atoms with Crippen molar-refractivity contribution in [3.63, 3.8) is 0 Å². The summed E-state index contributed by atoms with van der Waals surface area (Å²) in [4.78, 5) is 12.0. The van der Waals surface area contributed by atoms with Gasteiger partial charge in [0.1, 0.15) is 5.82 Å². The van der Waals surface area contributed by atoms with E-state index in [1.54, 1.807) is 12.1 Å². The summed E-state index contributed by atoms with van der Waals surface area (Å²) in [6.45, 7) is 6.55. The number of carbonyl (C=O) groups is 1. The van der Waals surface area contributed by atoms with Gasteiger partial charge in [0.15, 0.2) is 0 Å². The number of nitrogens with one attached hydrogen (secondary N) is 1. The third kappa shape index (κ3) is 3.90. The zero-order chi connectivity index (χ0) is 15.4. The average Bonchev–Trinajstić information content (AvgIpc) is 2.45. The van der Waals surface area contributed by atoms with Crippen molar-refractivity contribution in [3.05, 3.63) is 35.6 Å². The quantitative estimate of drug-likeness (QED) is 0.840. The van der Waals surface area contributed by atoms with Crippen molar-refractivity contribution in [2.45, 2.75) is 40.0 Å².